The van der Waals surface area contributed by atoms with E-state index in [0.717, 1.165) is 25.8 Å². The Balaban J connectivity index is 1.35. The van der Waals surface area contributed by atoms with Crippen LogP contribution in [0.25, 0.3) is 0 Å². The molecule has 1 amide bonds. The first kappa shape index (κ1) is 23.1. The predicted molar refractivity (Wildman–Crippen MR) is 117 cm³/mol. The molecule has 0 unspecified atom stereocenters. The summed E-state index contributed by atoms with van der Waals surface area (Å²) in [5.41, 5.74) is 0. The molecule has 1 aromatic carbocycles. The quantitative estimate of drug-likeness (QED) is 0.481. The maximum Gasteiger partial charge on any atom is 0.240 e. The fourth-order valence-electron chi connectivity index (χ4n) is 3.20. The molecule has 1 aromatic heterocycles. The van der Waals surface area contributed by atoms with Crippen LogP contribution in [0.1, 0.15) is 45.4 Å². The van der Waals surface area contributed by atoms with Gasteiger partial charge in [0.2, 0.25) is 15.9 Å². The van der Waals surface area contributed by atoms with Gasteiger partial charge in [-0.15, -0.1) is 0 Å². The van der Waals surface area contributed by atoms with Crippen LogP contribution in [0.3, 0.4) is 0 Å². The van der Waals surface area contributed by atoms with Crippen LogP contribution < -0.4 is 19.5 Å². The van der Waals surface area contributed by atoms with Gasteiger partial charge in [0, 0.05) is 31.6 Å². The van der Waals surface area contributed by atoms with Crippen molar-refractivity contribution in [2.45, 2.75) is 56.9 Å². The van der Waals surface area contributed by atoms with Gasteiger partial charge in [0.05, 0.1) is 11.1 Å². The lowest BCUT2D eigenvalue weighted by molar-refractivity contribution is -0.116. The van der Waals surface area contributed by atoms with Crippen LogP contribution in [0.5, 0.6) is 11.5 Å². The van der Waals surface area contributed by atoms with Gasteiger partial charge < -0.3 is 14.8 Å². The molecule has 10 heteroatoms. The molecule has 170 valence electrons. The Hall–Kier alpha value is -2.59. The highest BCUT2D eigenvalue weighted by Gasteiger charge is 2.19. The highest BCUT2D eigenvalue weighted by atomic mass is 32.2. The Morgan fingerprint density at radius 3 is 2.71 bits per heavy atom. The van der Waals surface area contributed by atoms with Crippen LogP contribution >= 0.6 is 0 Å². The van der Waals surface area contributed by atoms with Crippen molar-refractivity contribution >= 4 is 21.7 Å². The number of anilines is 1. The van der Waals surface area contributed by atoms with Crippen molar-refractivity contribution in [3.8, 4) is 11.5 Å². The monoisotopic (exact) mass is 450 g/mol. The number of nitrogens with zero attached hydrogens (tertiary/aromatic N) is 2. The third-order valence-electron chi connectivity index (χ3n) is 4.90. The summed E-state index contributed by atoms with van der Waals surface area (Å²) in [6.07, 6.45) is 6.20. The molecule has 2 N–H and O–H groups in total. The summed E-state index contributed by atoms with van der Waals surface area (Å²) in [5.74, 6) is 1.65. The molecule has 31 heavy (non-hydrogen) atoms. The van der Waals surface area contributed by atoms with Crippen LogP contribution in [0, 0.1) is 0 Å². The smallest absolute Gasteiger partial charge is 0.240 e. The lowest BCUT2D eigenvalue weighted by atomic mass is 10.2. The molecule has 0 spiro atoms. The number of ether oxygens (including phenoxy) is 2. The van der Waals surface area contributed by atoms with E-state index in [1.54, 1.807) is 23.0 Å². The zero-order valence-electron chi connectivity index (χ0n) is 17.8. The SMILES string of the molecule is CCCCn1nccc1NC(=O)CCCCCNS(=O)(=O)c1ccc2c(c1)OCCO2. The third-order valence-corrected chi connectivity index (χ3v) is 6.36. The molecular weight excluding hydrogens is 420 g/mol. The van der Waals surface area contributed by atoms with Gasteiger partial charge in [-0.3, -0.25) is 4.79 Å². The Labute approximate surface area is 183 Å². The van der Waals surface area contributed by atoms with Crippen LogP contribution in [-0.4, -0.2) is 43.9 Å². The number of carbonyl (C=O) groups is 1. The first-order chi connectivity index (χ1) is 15.0. The number of hydrogen-bond acceptors (Lipinski definition) is 6. The van der Waals surface area contributed by atoms with Gasteiger partial charge in [-0.2, -0.15) is 5.10 Å². The summed E-state index contributed by atoms with van der Waals surface area (Å²) in [7, 11) is -3.62. The predicted octanol–water partition coefficient (Wildman–Crippen LogP) is 2.93. The second-order valence-electron chi connectivity index (χ2n) is 7.36. The molecule has 0 fully saturated rings. The third kappa shape index (κ3) is 6.70. The first-order valence-electron chi connectivity index (χ1n) is 10.7. The molecule has 1 aliphatic heterocycles. The van der Waals surface area contributed by atoms with Gasteiger partial charge in [0.25, 0.3) is 0 Å². The minimum Gasteiger partial charge on any atom is -0.486 e. The minimum absolute atomic E-state index is 0.0601. The molecule has 0 atom stereocenters. The summed E-state index contributed by atoms with van der Waals surface area (Å²) in [6.45, 7) is 4.05. The van der Waals surface area contributed by atoms with E-state index in [4.69, 9.17) is 9.47 Å². The number of sulfonamides is 1. The molecule has 2 aromatic rings. The van der Waals surface area contributed by atoms with E-state index in [1.165, 1.54) is 12.1 Å². The Bertz CT molecular complexity index is 974. The topological polar surface area (TPSA) is 112 Å². The molecule has 3 rings (SSSR count). The average molecular weight is 451 g/mol. The number of unbranched alkanes of at least 4 members (excludes halogenated alkanes) is 3. The van der Waals surface area contributed by atoms with Crippen molar-refractivity contribution in [3.05, 3.63) is 30.5 Å². The number of aromatic nitrogens is 2. The number of nitrogens with one attached hydrogen (secondary N) is 2. The van der Waals surface area contributed by atoms with Crippen molar-refractivity contribution in [3.63, 3.8) is 0 Å². The van der Waals surface area contributed by atoms with E-state index in [1.807, 2.05) is 0 Å². The number of fused-ring (bicyclic) bond motifs is 1. The maximum absolute atomic E-state index is 12.5. The molecule has 1 aliphatic rings. The lowest BCUT2D eigenvalue weighted by Gasteiger charge is -2.18. The van der Waals surface area contributed by atoms with E-state index in [2.05, 4.69) is 22.1 Å². The summed E-state index contributed by atoms with van der Waals surface area (Å²) < 4.78 is 40.2. The molecule has 9 nitrogen and oxygen atoms in total. The molecule has 0 radical (unpaired) electrons. The normalized spacial score (nSPS) is 13.2. The van der Waals surface area contributed by atoms with Crippen LogP contribution in [0.15, 0.2) is 35.4 Å². The molecule has 0 aliphatic carbocycles. The van der Waals surface area contributed by atoms with Crippen molar-refractivity contribution in [2.24, 2.45) is 0 Å². The number of rotatable bonds is 12. The highest BCUT2D eigenvalue weighted by molar-refractivity contribution is 7.89. The number of amides is 1. The summed E-state index contributed by atoms with van der Waals surface area (Å²) in [4.78, 5) is 12.3. The van der Waals surface area contributed by atoms with E-state index in [-0.39, 0.29) is 10.8 Å². The van der Waals surface area contributed by atoms with Crippen LogP contribution in [-0.2, 0) is 21.4 Å². The van der Waals surface area contributed by atoms with E-state index in [9.17, 15) is 13.2 Å². The fraction of sp³-hybridized carbons (Fsp3) is 0.524. The largest absolute Gasteiger partial charge is 0.486 e. The van der Waals surface area contributed by atoms with Crippen molar-refractivity contribution in [1.29, 1.82) is 0 Å². The minimum atomic E-state index is -3.62. The Morgan fingerprint density at radius 2 is 1.90 bits per heavy atom. The second kappa shape index (κ2) is 11.1. The van der Waals surface area contributed by atoms with Gasteiger partial charge in [-0.05, 0) is 31.4 Å². The van der Waals surface area contributed by atoms with Crippen molar-refractivity contribution < 1.29 is 22.7 Å². The standard InChI is InChI=1S/C21H30N4O5S/c1-2-3-13-25-20(10-12-22-25)24-21(26)7-5-4-6-11-23-31(27,28)17-8-9-18-19(16-17)30-15-14-29-18/h8-10,12,16,23H,2-7,11,13-15H2,1H3,(H,24,26). The van der Waals surface area contributed by atoms with Gasteiger partial charge in [0.15, 0.2) is 11.5 Å². The fourth-order valence-corrected chi connectivity index (χ4v) is 4.29. The number of benzene rings is 1. The van der Waals surface area contributed by atoms with Gasteiger partial charge in [-0.1, -0.05) is 19.8 Å². The zero-order valence-corrected chi connectivity index (χ0v) is 18.6. The average Bonchev–Trinajstić information content (AvgIpc) is 3.21. The van der Waals surface area contributed by atoms with E-state index < -0.39 is 10.0 Å². The van der Waals surface area contributed by atoms with Crippen LogP contribution in [0.2, 0.25) is 0 Å². The van der Waals surface area contributed by atoms with E-state index >= 15 is 0 Å². The molecular formula is C21H30N4O5S. The van der Waals surface area contributed by atoms with Gasteiger partial charge in [0.1, 0.15) is 19.0 Å². The van der Waals surface area contributed by atoms with Crippen molar-refractivity contribution in [2.75, 3.05) is 25.1 Å². The number of hydrogen-bond donors (Lipinski definition) is 2. The Morgan fingerprint density at radius 1 is 1.10 bits per heavy atom. The zero-order chi connectivity index (χ0) is 22.1. The van der Waals surface area contributed by atoms with Gasteiger partial charge in [-0.25, -0.2) is 17.8 Å². The Kier molecular flexibility index (Phi) is 8.30. The number of carbonyl (C=O) groups excluding carboxylic acids is 1. The van der Waals surface area contributed by atoms with Crippen LogP contribution in [0.4, 0.5) is 5.82 Å². The number of aryl methyl sites for hydroxylation is 1. The highest BCUT2D eigenvalue weighted by Crippen LogP contribution is 2.32. The van der Waals surface area contributed by atoms with Gasteiger partial charge >= 0.3 is 0 Å². The lowest BCUT2D eigenvalue weighted by Crippen LogP contribution is -2.25. The summed E-state index contributed by atoms with van der Waals surface area (Å²) in [5, 5.41) is 7.11. The molecule has 2 heterocycles. The maximum atomic E-state index is 12.5. The first-order valence-corrected chi connectivity index (χ1v) is 12.2. The molecule has 0 bridgehead atoms. The van der Waals surface area contributed by atoms with Crippen molar-refractivity contribution in [1.82, 2.24) is 14.5 Å². The summed E-state index contributed by atoms with van der Waals surface area (Å²) in [6, 6.07) is 6.38. The summed E-state index contributed by atoms with van der Waals surface area (Å²) >= 11 is 0. The molecule has 0 saturated heterocycles. The second-order valence-corrected chi connectivity index (χ2v) is 9.12. The molecule has 0 saturated carbocycles. The van der Waals surface area contributed by atoms with E-state index in [0.29, 0.717) is 56.3 Å².